The molecule has 3 heterocycles. The Labute approximate surface area is 206 Å². The zero-order valence-corrected chi connectivity index (χ0v) is 20.0. The van der Waals surface area contributed by atoms with E-state index in [2.05, 4.69) is 31.0 Å². The van der Waals surface area contributed by atoms with Crippen LogP contribution in [0, 0.1) is 12.7 Å². The molecule has 3 aromatic heterocycles. The summed E-state index contributed by atoms with van der Waals surface area (Å²) in [5.74, 6) is -0.580. The van der Waals surface area contributed by atoms with Crippen molar-refractivity contribution in [2.24, 2.45) is 0 Å². The molecule has 0 saturated carbocycles. The van der Waals surface area contributed by atoms with Gasteiger partial charge in [0, 0.05) is 30.5 Å². The number of hydrogen-bond acceptors (Lipinski definition) is 7. The van der Waals surface area contributed by atoms with Gasteiger partial charge in [-0.2, -0.15) is 5.10 Å². The molecule has 0 bridgehead atoms. The Hall–Kier alpha value is -4.58. The highest BCUT2D eigenvalue weighted by Gasteiger charge is 2.22. The number of aromatic nitrogens is 4. The van der Waals surface area contributed by atoms with Crippen LogP contribution in [0.3, 0.4) is 0 Å². The van der Waals surface area contributed by atoms with Gasteiger partial charge in [-0.25, -0.2) is 23.7 Å². The maximum absolute atomic E-state index is 15.1. The van der Waals surface area contributed by atoms with Crippen LogP contribution in [0.15, 0.2) is 48.9 Å². The standard InChI is InChI=1S/C24H26FN9O2/c1-14-5-4-6-19(30-14)32-24(36)31-18-8-7-15(11-17(18)25)20-16(23(35)27-9-10-33(2)3)12-34-21(20)22(26)28-13-29-34/h4-8,11-13H,9-10H2,1-3H3,(H,27,35)(H2,26,28,29)(H2,30,31,32,36). The van der Waals surface area contributed by atoms with Gasteiger partial charge in [-0.05, 0) is 50.8 Å². The quantitative estimate of drug-likeness (QED) is 0.311. The van der Waals surface area contributed by atoms with Crippen molar-refractivity contribution in [2.45, 2.75) is 6.92 Å². The van der Waals surface area contributed by atoms with Crippen LogP contribution in [0.5, 0.6) is 0 Å². The molecule has 11 nitrogen and oxygen atoms in total. The van der Waals surface area contributed by atoms with Crippen molar-refractivity contribution < 1.29 is 14.0 Å². The van der Waals surface area contributed by atoms with Crippen LogP contribution in [-0.2, 0) is 0 Å². The van der Waals surface area contributed by atoms with Crippen molar-refractivity contribution in [1.29, 1.82) is 0 Å². The number of benzene rings is 1. The zero-order valence-electron chi connectivity index (χ0n) is 20.0. The molecular formula is C24H26FN9O2. The Morgan fingerprint density at radius 1 is 1.17 bits per heavy atom. The van der Waals surface area contributed by atoms with Gasteiger partial charge in [0.05, 0.1) is 11.3 Å². The molecule has 0 atom stereocenters. The average Bonchev–Trinajstić information content (AvgIpc) is 3.21. The molecule has 186 valence electrons. The fraction of sp³-hybridized carbons (Fsp3) is 0.208. The van der Waals surface area contributed by atoms with E-state index >= 15 is 4.39 Å². The van der Waals surface area contributed by atoms with Crippen molar-refractivity contribution in [3.05, 3.63) is 66.0 Å². The molecule has 0 aliphatic rings. The smallest absolute Gasteiger partial charge is 0.324 e. The number of nitrogen functional groups attached to an aromatic ring is 1. The molecule has 0 saturated heterocycles. The summed E-state index contributed by atoms with van der Waals surface area (Å²) in [7, 11) is 3.80. The van der Waals surface area contributed by atoms with Crippen molar-refractivity contribution in [3.8, 4) is 11.1 Å². The minimum atomic E-state index is -0.700. The summed E-state index contributed by atoms with van der Waals surface area (Å²) in [5, 5.41) is 12.0. The second-order valence-electron chi connectivity index (χ2n) is 8.35. The highest BCUT2D eigenvalue weighted by atomic mass is 19.1. The molecule has 0 aliphatic heterocycles. The number of carbonyl (C=O) groups excluding carboxylic acids is 2. The first kappa shape index (κ1) is 24.5. The lowest BCUT2D eigenvalue weighted by atomic mass is 10.0. The number of anilines is 3. The molecule has 0 aliphatic carbocycles. The Bertz CT molecular complexity index is 1430. The van der Waals surface area contributed by atoms with E-state index in [0.29, 0.717) is 35.6 Å². The first-order chi connectivity index (χ1) is 17.2. The van der Waals surface area contributed by atoms with E-state index in [1.54, 1.807) is 31.2 Å². The van der Waals surface area contributed by atoms with E-state index in [1.807, 2.05) is 19.0 Å². The van der Waals surface area contributed by atoms with Crippen molar-refractivity contribution in [3.63, 3.8) is 0 Å². The monoisotopic (exact) mass is 491 g/mol. The van der Waals surface area contributed by atoms with Gasteiger partial charge in [-0.1, -0.05) is 12.1 Å². The van der Waals surface area contributed by atoms with Crippen LogP contribution in [0.4, 0.5) is 26.5 Å². The number of carbonyl (C=O) groups is 2. The Morgan fingerprint density at radius 3 is 2.69 bits per heavy atom. The number of pyridine rings is 1. The van der Waals surface area contributed by atoms with Crippen LogP contribution in [0.2, 0.25) is 0 Å². The van der Waals surface area contributed by atoms with Gasteiger partial charge in [0.2, 0.25) is 0 Å². The third-order valence-corrected chi connectivity index (χ3v) is 5.33. The molecule has 36 heavy (non-hydrogen) atoms. The van der Waals surface area contributed by atoms with E-state index in [9.17, 15) is 9.59 Å². The van der Waals surface area contributed by atoms with Crippen molar-refractivity contribution in [2.75, 3.05) is 43.6 Å². The molecule has 4 aromatic rings. The van der Waals surface area contributed by atoms with E-state index in [1.165, 1.54) is 29.2 Å². The normalized spacial score (nSPS) is 11.0. The number of hydrogen-bond donors (Lipinski definition) is 4. The predicted octanol–water partition coefficient (Wildman–Crippen LogP) is 2.76. The molecular weight excluding hydrogens is 465 g/mol. The third kappa shape index (κ3) is 5.39. The fourth-order valence-corrected chi connectivity index (χ4v) is 3.64. The fourth-order valence-electron chi connectivity index (χ4n) is 3.64. The van der Waals surface area contributed by atoms with Crippen LogP contribution < -0.4 is 21.7 Å². The zero-order chi connectivity index (χ0) is 25.8. The number of aryl methyl sites for hydroxylation is 1. The number of rotatable bonds is 7. The predicted molar refractivity (Wildman–Crippen MR) is 135 cm³/mol. The van der Waals surface area contributed by atoms with E-state index in [4.69, 9.17) is 5.73 Å². The lowest BCUT2D eigenvalue weighted by molar-refractivity contribution is 0.0951. The van der Waals surface area contributed by atoms with Gasteiger partial charge in [0.1, 0.15) is 23.5 Å². The topological polar surface area (TPSA) is 143 Å². The minimum Gasteiger partial charge on any atom is -0.382 e. The summed E-state index contributed by atoms with van der Waals surface area (Å²) in [5.41, 5.74) is 8.17. The number of nitrogens with one attached hydrogen (secondary N) is 3. The summed E-state index contributed by atoms with van der Waals surface area (Å²) >= 11 is 0. The molecule has 1 aromatic carbocycles. The number of likely N-dealkylation sites (N-methyl/N-ethyl adjacent to an activating group) is 1. The molecule has 3 amide bonds. The number of amides is 3. The van der Waals surface area contributed by atoms with Crippen LogP contribution in [0.1, 0.15) is 16.1 Å². The van der Waals surface area contributed by atoms with Gasteiger partial charge < -0.3 is 21.3 Å². The molecule has 12 heteroatoms. The first-order valence-electron chi connectivity index (χ1n) is 11.1. The molecule has 0 unspecified atom stereocenters. The van der Waals surface area contributed by atoms with E-state index in [0.717, 1.165) is 5.69 Å². The lowest BCUT2D eigenvalue weighted by Gasteiger charge is -2.12. The number of nitrogens with two attached hydrogens (primary N) is 1. The highest BCUT2D eigenvalue weighted by Crippen LogP contribution is 2.34. The first-order valence-corrected chi connectivity index (χ1v) is 11.1. The maximum Gasteiger partial charge on any atom is 0.324 e. The summed E-state index contributed by atoms with van der Waals surface area (Å²) in [6.45, 7) is 2.86. The third-order valence-electron chi connectivity index (χ3n) is 5.33. The van der Waals surface area contributed by atoms with E-state index < -0.39 is 11.8 Å². The molecule has 4 rings (SSSR count). The summed E-state index contributed by atoms with van der Waals surface area (Å²) in [6.07, 6.45) is 2.80. The van der Waals surface area contributed by atoms with Gasteiger partial charge in [0.15, 0.2) is 5.82 Å². The average molecular weight is 492 g/mol. The van der Waals surface area contributed by atoms with Gasteiger partial charge in [-0.15, -0.1) is 0 Å². The van der Waals surface area contributed by atoms with Crippen LogP contribution >= 0.6 is 0 Å². The Kier molecular flexibility index (Phi) is 7.06. The summed E-state index contributed by atoms with van der Waals surface area (Å²) in [6, 6.07) is 8.74. The largest absolute Gasteiger partial charge is 0.382 e. The van der Waals surface area contributed by atoms with Crippen molar-refractivity contribution in [1.82, 2.24) is 29.8 Å². The molecule has 0 spiro atoms. The lowest BCUT2D eigenvalue weighted by Crippen LogP contribution is -2.31. The van der Waals surface area contributed by atoms with Crippen molar-refractivity contribution >= 4 is 34.8 Å². The molecule has 5 N–H and O–H groups in total. The van der Waals surface area contributed by atoms with Gasteiger partial charge in [0.25, 0.3) is 5.91 Å². The number of nitrogens with zero attached hydrogens (tertiary/aromatic N) is 5. The van der Waals surface area contributed by atoms with Gasteiger partial charge in [-0.3, -0.25) is 10.1 Å². The van der Waals surface area contributed by atoms with E-state index in [-0.39, 0.29) is 23.0 Å². The molecule has 0 fully saturated rings. The minimum absolute atomic E-state index is 0.0476. The second-order valence-corrected chi connectivity index (χ2v) is 8.35. The maximum atomic E-state index is 15.1. The SMILES string of the molecule is Cc1cccc(NC(=O)Nc2ccc(-c3c(C(=O)NCCN(C)C)cn4ncnc(N)c34)cc2F)n1. The summed E-state index contributed by atoms with van der Waals surface area (Å²) < 4.78 is 16.5. The Balaban J connectivity index is 1.63. The number of halogens is 1. The van der Waals surface area contributed by atoms with Crippen LogP contribution in [0.25, 0.3) is 16.6 Å². The van der Waals surface area contributed by atoms with Crippen LogP contribution in [-0.4, -0.2) is 63.6 Å². The number of fused-ring (bicyclic) bond motifs is 1. The highest BCUT2D eigenvalue weighted by molar-refractivity contribution is 6.07. The second kappa shape index (κ2) is 10.4. The van der Waals surface area contributed by atoms with Gasteiger partial charge >= 0.3 is 6.03 Å². The Morgan fingerprint density at radius 2 is 1.97 bits per heavy atom. The molecule has 0 radical (unpaired) electrons. The summed E-state index contributed by atoms with van der Waals surface area (Å²) in [4.78, 5) is 35.5. The number of urea groups is 1.